The number of ether oxygens (including phenoxy) is 2. The summed E-state index contributed by atoms with van der Waals surface area (Å²) in [6.07, 6.45) is 27.6. The van der Waals surface area contributed by atoms with Gasteiger partial charge in [0.05, 0.1) is 42.6 Å². The van der Waals surface area contributed by atoms with E-state index in [4.69, 9.17) is 9.47 Å². The van der Waals surface area contributed by atoms with Crippen LogP contribution in [0.25, 0.3) is 64.6 Å². The Morgan fingerprint density at radius 2 is 0.413 bits per heavy atom. The molecular formula is C60H70Na6O20S6. The van der Waals surface area contributed by atoms with Crippen molar-refractivity contribution in [3.05, 3.63) is 72.8 Å². The molecule has 0 spiro atoms. The Balaban J connectivity index is 0.000000876. The van der Waals surface area contributed by atoms with Crippen LogP contribution < -0.4 is 187 Å². The van der Waals surface area contributed by atoms with Crippen LogP contribution in [0.1, 0.15) is 168 Å². The minimum Gasteiger partial charge on any atom is -0.744 e. The molecule has 0 saturated heterocycles. The molecule has 0 bridgehead atoms. The third kappa shape index (κ3) is 24.0. The van der Waals surface area contributed by atoms with E-state index in [-0.39, 0.29) is 267 Å². The number of benzene rings is 8. The van der Waals surface area contributed by atoms with Crippen molar-refractivity contribution in [3.63, 3.8) is 0 Å². The number of hydrogen-bond acceptors (Lipinski definition) is 20. The van der Waals surface area contributed by atoms with Crippen LogP contribution in [-0.2, 0) is 60.7 Å². The third-order valence-electron chi connectivity index (χ3n) is 15.6. The maximum Gasteiger partial charge on any atom is 1.00 e. The molecule has 0 aliphatic rings. The first-order valence-electron chi connectivity index (χ1n) is 29.1. The van der Waals surface area contributed by atoms with Crippen LogP contribution in [0.4, 0.5) is 0 Å². The summed E-state index contributed by atoms with van der Waals surface area (Å²) < 4.78 is 230. The second kappa shape index (κ2) is 40.5. The van der Waals surface area contributed by atoms with Gasteiger partial charge < -0.3 is 36.8 Å². The monoisotopic (exact) mass is 1440 g/mol. The van der Waals surface area contributed by atoms with E-state index in [1.165, 1.54) is 126 Å². The zero-order valence-electron chi connectivity index (χ0n) is 53.9. The van der Waals surface area contributed by atoms with E-state index < -0.39 is 90.1 Å². The fraction of sp³-hybridized carbons (Fsp3) is 0.467. The van der Waals surface area contributed by atoms with Gasteiger partial charge in [-0.25, -0.2) is 50.5 Å². The molecule has 472 valence electrons. The molecule has 0 fully saturated rings. The van der Waals surface area contributed by atoms with Crippen molar-refractivity contribution in [1.29, 1.82) is 0 Å². The molecule has 0 aliphatic carbocycles. The molecule has 8 aromatic rings. The molecule has 0 amide bonds. The smallest absolute Gasteiger partial charge is 0.744 e. The van der Waals surface area contributed by atoms with Crippen LogP contribution in [0, 0.1) is 0 Å². The van der Waals surface area contributed by atoms with Gasteiger partial charge in [0.25, 0.3) is 0 Å². The average Bonchev–Trinajstić information content (AvgIpc) is 0.720. The molecule has 0 N–H and O–H groups in total. The second-order valence-electron chi connectivity index (χ2n) is 21.8. The largest absolute Gasteiger partial charge is 1.00 e. The zero-order valence-corrected chi connectivity index (χ0v) is 70.8. The Labute approximate surface area is 674 Å². The normalized spacial score (nSPS) is 12.2. The summed E-state index contributed by atoms with van der Waals surface area (Å²) in [6, 6.07) is 13.2. The summed E-state index contributed by atoms with van der Waals surface area (Å²) in [4.78, 5) is -5.09. The summed E-state index contributed by atoms with van der Waals surface area (Å²) in [6.45, 7) is 4.80. The topological polar surface area (TPSA) is 362 Å². The van der Waals surface area contributed by atoms with Crippen molar-refractivity contribution in [3.8, 4) is 11.5 Å². The average molecular weight is 1440 g/mol. The van der Waals surface area contributed by atoms with Crippen molar-refractivity contribution in [2.45, 2.75) is 197 Å². The van der Waals surface area contributed by atoms with E-state index >= 15 is 0 Å². The summed E-state index contributed by atoms with van der Waals surface area (Å²) in [5.74, 6) is 0.0559. The van der Waals surface area contributed by atoms with Crippen molar-refractivity contribution < 1.29 is 265 Å². The molecule has 0 radical (unpaired) electrons. The van der Waals surface area contributed by atoms with Gasteiger partial charge in [-0.15, -0.1) is 0 Å². The zero-order chi connectivity index (χ0) is 62.8. The summed E-state index contributed by atoms with van der Waals surface area (Å²) in [7, 11) is -31.2. The van der Waals surface area contributed by atoms with Crippen LogP contribution >= 0.6 is 0 Å². The molecule has 0 atom stereocenters. The minimum absolute atomic E-state index is 0. The molecule has 0 aromatic heterocycles. The summed E-state index contributed by atoms with van der Waals surface area (Å²) >= 11 is 0. The molecule has 92 heavy (non-hydrogen) atoms. The van der Waals surface area contributed by atoms with E-state index in [2.05, 4.69) is 13.8 Å². The molecule has 8 rings (SSSR count). The Morgan fingerprint density at radius 3 is 0.609 bits per heavy atom. The number of hydrogen-bond donors (Lipinski definition) is 0. The number of unbranched alkanes of at least 4 members (excludes halogenated alkanes) is 22. The predicted octanol–water partition coefficient (Wildman–Crippen LogP) is -5.22. The molecular weight excluding hydrogens is 1370 g/mol. The van der Waals surface area contributed by atoms with Crippen LogP contribution in [0.15, 0.2) is 102 Å². The molecule has 20 nitrogen and oxygen atoms in total. The van der Waals surface area contributed by atoms with Gasteiger partial charge in [0, 0.05) is 64.6 Å². The SMILES string of the molecule is CCCCCCCCCCCCCCCCCCOc1cc(S(=O)(=O)[O-])c2ccc3c(S(=O)(=O)[O-])cc(S(=O)(=O)[O-])c4ccc1c2c43.CCCCCCCCCCOc1cc(S(=O)(=O)[O-])c2ccc3c(S(=O)(=O)[O-])cc(S(=O)(=O)[O-])c4ccc1c2c43.[Na+].[Na+].[Na+].[Na+].[Na+].[Na+]. The van der Waals surface area contributed by atoms with Gasteiger partial charge in [0.15, 0.2) is 0 Å². The van der Waals surface area contributed by atoms with Crippen LogP contribution in [-0.4, -0.2) is 91.0 Å². The van der Waals surface area contributed by atoms with Gasteiger partial charge in [0.2, 0.25) is 0 Å². The molecule has 0 aliphatic heterocycles. The van der Waals surface area contributed by atoms with Crippen molar-refractivity contribution in [2.24, 2.45) is 0 Å². The molecule has 32 heteroatoms. The van der Waals surface area contributed by atoms with E-state index in [9.17, 15) is 77.8 Å². The fourth-order valence-electron chi connectivity index (χ4n) is 11.5. The van der Waals surface area contributed by atoms with Gasteiger partial charge in [-0.3, -0.25) is 0 Å². The predicted molar refractivity (Wildman–Crippen MR) is 321 cm³/mol. The van der Waals surface area contributed by atoms with Crippen LogP contribution in [0.5, 0.6) is 11.5 Å². The first kappa shape index (κ1) is 90.9. The van der Waals surface area contributed by atoms with Crippen molar-refractivity contribution in [2.75, 3.05) is 13.2 Å². The van der Waals surface area contributed by atoms with Crippen molar-refractivity contribution in [1.82, 2.24) is 0 Å². The minimum atomic E-state index is -5.26. The standard InChI is InChI=1S/C34H46O10S3.C26H30O10S3.6Na/c1-2-3-4-5-6-7-8-9-10-11-12-13-14-15-16-17-22-44-29-23-30(45(35,36)37)26-20-21-28-32(47(41,42)43)24-31(46(38,39)40)27-19-18-25(29)33(26)34(27)28;1-2-3-4-5-6-7-8-9-14-36-21-15-22(37(27,28)29)18-12-13-20-24(39(33,34)35)16-23(38(30,31)32)19-11-10-17(21)25(18)26(19)20;;;;;;/h18-21,23-24H,2-17,22H2,1H3,(H,35,36,37)(H,38,39,40)(H,41,42,43);10-13,15-16H,2-9,14H2,1H3,(H,27,28,29)(H,30,31,32)(H,33,34,35);;;;;;/q;;6*+1/p-6. The molecule has 0 unspecified atom stereocenters. The third-order valence-corrected chi connectivity index (χ3v) is 20.9. The van der Waals surface area contributed by atoms with Gasteiger partial charge in [-0.1, -0.05) is 192 Å². The van der Waals surface area contributed by atoms with E-state index in [0.717, 1.165) is 75.6 Å². The quantitative estimate of drug-likeness (QED) is 0.0157. The Kier molecular flexibility index (Phi) is 40.0. The van der Waals surface area contributed by atoms with Crippen LogP contribution in [0.3, 0.4) is 0 Å². The van der Waals surface area contributed by atoms with Gasteiger partial charge in [-0.2, -0.15) is 0 Å². The van der Waals surface area contributed by atoms with E-state index in [1.54, 1.807) is 0 Å². The molecule has 0 saturated carbocycles. The summed E-state index contributed by atoms with van der Waals surface area (Å²) in [5.41, 5.74) is 0. The molecule has 8 aromatic carbocycles. The van der Waals surface area contributed by atoms with Gasteiger partial charge >= 0.3 is 177 Å². The molecule has 0 heterocycles. The number of rotatable bonds is 34. The first-order chi connectivity index (χ1) is 40.5. The summed E-state index contributed by atoms with van der Waals surface area (Å²) in [5, 5.41) is -0.777. The van der Waals surface area contributed by atoms with E-state index in [1.807, 2.05) is 0 Å². The van der Waals surface area contributed by atoms with Gasteiger partial charge in [0.1, 0.15) is 72.2 Å². The second-order valence-corrected chi connectivity index (χ2v) is 29.9. The maximum absolute atomic E-state index is 12.3. The maximum atomic E-state index is 12.3. The Morgan fingerprint density at radius 1 is 0.250 bits per heavy atom. The van der Waals surface area contributed by atoms with Gasteiger partial charge in [-0.05, 0) is 49.2 Å². The Hall–Kier alpha value is 0.900. The van der Waals surface area contributed by atoms with E-state index in [0.29, 0.717) is 25.0 Å². The Bertz CT molecular complexity index is 4320. The van der Waals surface area contributed by atoms with Crippen molar-refractivity contribution >= 4 is 125 Å². The first-order valence-corrected chi connectivity index (χ1v) is 37.5. The van der Waals surface area contributed by atoms with Crippen LogP contribution in [0.2, 0.25) is 0 Å². The fourth-order valence-corrected chi connectivity index (χ4v) is 15.8.